The van der Waals surface area contributed by atoms with Crippen molar-refractivity contribution < 1.29 is 0 Å². The van der Waals surface area contributed by atoms with Gasteiger partial charge in [0.2, 0.25) is 0 Å². The third kappa shape index (κ3) is 2.06. The summed E-state index contributed by atoms with van der Waals surface area (Å²) in [4.78, 5) is 4.09. The molecule has 4 nitrogen and oxygen atoms in total. The van der Waals surface area contributed by atoms with Gasteiger partial charge in [-0.15, -0.1) is 0 Å². The van der Waals surface area contributed by atoms with Gasteiger partial charge in [0.25, 0.3) is 0 Å². The third-order valence-electron chi connectivity index (χ3n) is 1.78. The van der Waals surface area contributed by atoms with Gasteiger partial charge in [0, 0.05) is 12.3 Å². The molecule has 13 heavy (non-hydrogen) atoms. The molecule has 0 radical (unpaired) electrons. The normalized spacial score (nSPS) is 11.4. The molecule has 1 aromatic rings. The Labute approximate surface area is 78.0 Å². The lowest BCUT2D eigenvalue weighted by Gasteiger charge is -2.05. The Morgan fingerprint density at radius 1 is 1.62 bits per heavy atom. The van der Waals surface area contributed by atoms with Crippen molar-refractivity contribution in [2.75, 3.05) is 6.67 Å². The Kier molecular flexibility index (Phi) is 3.46. The molecular weight excluding hydrogens is 163 g/mol. The summed E-state index contributed by atoms with van der Waals surface area (Å²) >= 11 is 0. The molecule has 0 aliphatic carbocycles. The predicted octanol–water partition coefficient (Wildman–Crippen LogP) is -1.12. The van der Waals surface area contributed by atoms with Crippen LogP contribution in [0.15, 0.2) is 28.3 Å². The minimum absolute atomic E-state index is 0.267. The van der Waals surface area contributed by atoms with E-state index in [-0.39, 0.29) is 6.67 Å². The minimum atomic E-state index is 0.267. The zero-order valence-corrected chi connectivity index (χ0v) is 7.77. The van der Waals surface area contributed by atoms with Gasteiger partial charge in [0.05, 0.1) is 6.67 Å². The standard InChI is InChI=1S/C8H13BN4/c1-9-7-4-3-5-8(12-6-10)13(7)11-2/h3-5,9H,2,6,10H2,1H3/b12-8-. The van der Waals surface area contributed by atoms with Crippen molar-refractivity contribution in [2.45, 2.75) is 6.82 Å². The molecule has 0 bridgehead atoms. The highest BCUT2D eigenvalue weighted by Gasteiger charge is 1.96. The Morgan fingerprint density at radius 2 is 2.38 bits per heavy atom. The quantitative estimate of drug-likeness (QED) is 0.460. The molecular formula is C8H13BN4. The molecule has 2 N–H and O–H groups in total. The van der Waals surface area contributed by atoms with Crippen LogP contribution < -0.4 is 16.8 Å². The predicted molar refractivity (Wildman–Crippen MR) is 56.6 cm³/mol. The smallest absolute Gasteiger partial charge is 0.179 e. The van der Waals surface area contributed by atoms with Gasteiger partial charge in [-0.1, -0.05) is 19.0 Å². The maximum atomic E-state index is 5.33. The van der Waals surface area contributed by atoms with Crippen LogP contribution in [-0.4, -0.2) is 25.3 Å². The zero-order valence-electron chi connectivity index (χ0n) is 7.77. The molecule has 0 unspecified atom stereocenters. The lowest BCUT2D eigenvalue weighted by atomic mass is 9.77. The fourth-order valence-corrected chi connectivity index (χ4v) is 1.18. The van der Waals surface area contributed by atoms with Crippen LogP contribution in [0, 0.1) is 0 Å². The summed E-state index contributed by atoms with van der Waals surface area (Å²) in [6, 6.07) is 5.79. The van der Waals surface area contributed by atoms with E-state index in [4.69, 9.17) is 5.73 Å². The molecule has 0 aromatic carbocycles. The largest absolute Gasteiger partial charge is 0.312 e. The van der Waals surface area contributed by atoms with E-state index in [1.54, 1.807) is 4.68 Å². The summed E-state index contributed by atoms with van der Waals surface area (Å²) in [6.45, 7) is 5.82. The van der Waals surface area contributed by atoms with E-state index in [0.717, 1.165) is 18.4 Å². The molecule has 0 spiro atoms. The fraction of sp³-hybridized carbons (Fsp3) is 0.250. The second kappa shape index (κ2) is 4.62. The van der Waals surface area contributed by atoms with Crippen LogP contribution in [-0.2, 0) is 0 Å². The van der Waals surface area contributed by atoms with Crippen molar-refractivity contribution in [2.24, 2.45) is 15.8 Å². The fourth-order valence-electron chi connectivity index (χ4n) is 1.18. The minimum Gasteiger partial charge on any atom is -0.312 e. The molecule has 0 aliphatic heterocycles. The summed E-state index contributed by atoms with van der Waals surface area (Å²) in [7, 11) is 0.896. The number of hydrogen-bond donors (Lipinski definition) is 1. The first-order chi connectivity index (χ1) is 6.33. The molecule has 0 aliphatic rings. The molecule has 1 rings (SSSR count). The molecule has 0 saturated heterocycles. The van der Waals surface area contributed by atoms with Crippen molar-refractivity contribution in [3.63, 3.8) is 0 Å². The van der Waals surface area contributed by atoms with Crippen molar-refractivity contribution >= 4 is 19.6 Å². The molecule has 68 valence electrons. The van der Waals surface area contributed by atoms with Crippen molar-refractivity contribution in [3.8, 4) is 0 Å². The number of nitrogens with zero attached hydrogens (tertiary/aromatic N) is 3. The van der Waals surface area contributed by atoms with Crippen molar-refractivity contribution in [1.82, 2.24) is 4.68 Å². The monoisotopic (exact) mass is 176 g/mol. The molecule has 0 fully saturated rings. The Balaban J connectivity index is 3.35. The average molecular weight is 176 g/mol. The van der Waals surface area contributed by atoms with Crippen LogP contribution in [0.3, 0.4) is 0 Å². The number of aromatic nitrogens is 1. The first-order valence-corrected chi connectivity index (χ1v) is 4.22. The van der Waals surface area contributed by atoms with Gasteiger partial charge in [-0.2, -0.15) is 5.10 Å². The number of pyridine rings is 1. The second-order valence-corrected chi connectivity index (χ2v) is 2.52. The van der Waals surface area contributed by atoms with Crippen LogP contribution in [0.25, 0.3) is 0 Å². The van der Waals surface area contributed by atoms with Crippen LogP contribution in [0.5, 0.6) is 0 Å². The van der Waals surface area contributed by atoms with Gasteiger partial charge in [-0.3, -0.25) is 4.99 Å². The topological polar surface area (TPSA) is 55.7 Å². The Bertz CT molecular complexity index is 355. The van der Waals surface area contributed by atoms with Crippen molar-refractivity contribution in [1.29, 1.82) is 0 Å². The summed E-state index contributed by atoms with van der Waals surface area (Å²) in [5.74, 6) is 0. The van der Waals surface area contributed by atoms with E-state index >= 15 is 0 Å². The van der Waals surface area contributed by atoms with Crippen LogP contribution in [0.2, 0.25) is 6.82 Å². The van der Waals surface area contributed by atoms with E-state index in [2.05, 4.69) is 23.6 Å². The third-order valence-corrected chi connectivity index (χ3v) is 1.78. The molecule has 5 heteroatoms. The summed E-state index contributed by atoms with van der Waals surface area (Å²) in [5, 5.41) is 3.88. The molecule has 0 atom stereocenters. The zero-order chi connectivity index (χ0) is 9.68. The average Bonchev–Trinajstić information content (AvgIpc) is 2.18. The Hall–Kier alpha value is -1.36. The number of nitrogens with two attached hydrogens (primary N) is 1. The lowest BCUT2D eigenvalue weighted by Crippen LogP contribution is -2.33. The van der Waals surface area contributed by atoms with Crippen LogP contribution >= 0.6 is 0 Å². The highest BCUT2D eigenvalue weighted by molar-refractivity contribution is 6.50. The van der Waals surface area contributed by atoms with Crippen LogP contribution in [0.1, 0.15) is 0 Å². The highest BCUT2D eigenvalue weighted by Crippen LogP contribution is 1.78. The molecule has 1 heterocycles. The van der Waals surface area contributed by atoms with E-state index in [1.807, 2.05) is 18.2 Å². The van der Waals surface area contributed by atoms with Gasteiger partial charge >= 0.3 is 0 Å². The van der Waals surface area contributed by atoms with E-state index in [1.165, 1.54) is 0 Å². The van der Waals surface area contributed by atoms with E-state index in [9.17, 15) is 0 Å². The molecule has 1 aromatic heterocycles. The van der Waals surface area contributed by atoms with Gasteiger partial charge in [0.1, 0.15) is 5.49 Å². The summed E-state index contributed by atoms with van der Waals surface area (Å²) < 4.78 is 1.70. The molecule has 0 saturated carbocycles. The highest BCUT2D eigenvalue weighted by atomic mass is 15.3. The van der Waals surface area contributed by atoms with Gasteiger partial charge in [0.15, 0.2) is 7.28 Å². The van der Waals surface area contributed by atoms with E-state index < -0.39 is 0 Å². The Morgan fingerprint density at radius 3 is 2.92 bits per heavy atom. The first kappa shape index (κ1) is 9.73. The maximum absolute atomic E-state index is 5.33. The van der Waals surface area contributed by atoms with Crippen molar-refractivity contribution in [3.05, 3.63) is 23.7 Å². The number of hydrogen-bond acceptors (Lipinski definition) is 3. The molecule has 0 amide bonds. The maximum Gasteiger partial charge on any atom is 0.179 e. The van der Waals surface area contributed by atoms with Gasteiger partial charge < -0.3 is 5.73 Å². The lowest BCUT2D eigenvalue weighted by molar-refractivity contribution is 0.810. The summed E-state index contributed by atoms with van der Waals surface area (Å²) in [5.41, 5.74) is 7.15. The van der Waals surface area contributed by atoms with Crippen LogP contribution in [0.4, 0.5) is 0 Å². The second-order valence-electron chi connectivity index (χ2n) is 2.52. The van der Waals surface area contributed by atoms with E-state index in [0.29, 0.717) is 0 Å². The summed E-state index contributed by atoms with van der Waals surface area (Å²) in [6.07, 6.45) is 0. The SMILES string of the molecule is C=Nn1c(BC)ccc/c1=N/CN. The first-order valence-electron chi connectivity index (χ1n) is 4.22. The van der Waals surface area contributed by atoms with Gasteiger partial charge in [-0.05, 0) is 6.07 Å². The number of rotatable bonds is 3. The van der Waals surface area contributed by atoms with Gasteiger partial charge in [-0.25, -0.2) is 4.68 Å².